The number of ether oxygens (including phenoxy) is 2. The van der Waals surface area contributed by atoms with E-state index >= 15 is 0 Å². The Hall–Kier alpha value is -2.36. The highest BCUT2D eigenvalue weighted by molar-refractivity contribution is 6.00. The third kappa shape index (κ3) is 3.61. The lowest BCUT2D eigenvalue weighted by molar-refractivity contribution is -0.139. The van der Waals surface area contributed by atoms with Crippen LogP contribution in [-0.4, -0.2) is 91.6 Å². The molecule has 30 heavy (non-hydrogen) atoms. The molecule has 3 heterocycles. The summed E-state index contributed by atoms with van der Waals surface area (Å²) in [5.41, 5.74) is 1.06. The van der Waals surface area contributed by atoms with Gasteiger partial charge >= 0.3 is 6.03 Å². The standard InChI is InChI=1S/C21H31N5O4/c1-4-29-14-13-26-19(27)17-18(23(3)21(26)28)22-20-24(11-6-12-25(17)20)15-7-9-16(10-8-15)30-5-2/h7-10,17-18,20,22H,4-6,11-14H2,1-3H3. The summed E-state index contributed by atoms with van der Waals surface area (Å²) >= 11 is 0. The number of carbonyl (C=O) groups is 2. The van der Waals surface area contributed by atoms with Crippen molar-refractivity contribution >= 4 is 17.6 Å². The topological polar surface area (TPSA) is 77.6 Å². The Morgan fingerprint density at radius 1 is 1.10 bits per heavy atom. The van der Waals surface area contributed by atoms with Crippen LogP contribution in [0, 0.1) is 0 Å². The molecule has 0 radical (unpaired) electrons. The molecule has 3 aliphatic heterocycles. The zero-order valence-electron chi connectivity index (χ0n) is 17.9. The van der Waals surface area contributed by atoms with Crippen LogP contribution >= 0.6 is 0 Å². The van der Waals surface area contributed by atoms with E-state index in [-0.39, 0.29) is 30.9 Å². The zero-order valence-corrected chi connectivity index (χ0v) is 17.9. The lowest BCUT2D eigenvalue weighted by Crippen LogP contribution is -2.66. The van der Waals surface area contributed by atoms with Crippen molar-refractivity contribution < 1.29 is 19.1 Å². The average Bonchev–Trinajstić information content (AvgIpc) is 3.15. The van der Waals surface area contributed by atoms with Gasteiger partial charge in [0.2, 0.25) is 0 Å². The van der Waals surface area contributed by atoms with Gasteiger partial charge in [0, 0.05) is 32.4 Å². The Morgan fingerprint density at radius 3 is 2.57 bits per heavy atom. The molecule has 164 valence electrons. The molecule has 0 aliphatic carbocycles. The number of benzene rings is 1. The van der Waals surface area contributed by atoms with Crippen molar-refractivity contribution in [3.63, 3.8) is 0 Å². The van der Waals surface area contributed by atoms with E-state index in [0.29, 0.717) is 19.8 Å². The summed E-state index contributed by atoms with van der Waals surface area (Å²) < 4.78 is 10.9. The molecule has 0 spiro atoms. The van der Waals surface area contributed by atoms with E-state index in [1.165, 1.54) is 4.90 Å². The quantitative estimate of drug-likeness (QED) is 0.666. The average molecular weight is 418 g/mol. The Labute approximate surface area is 177 Å². The molecule has 9 nitrogen and oxygen atoms in total. The van der Waals surface area contributed by atoms with Gasteiger partial charge in [0.05, 0.1) is 19.8 Å². The summed E-state index contributed by atoms with van der Waals surface area (Å²) in [6, 6.07) is 7.35. The van der Waals surface area contributed by atoms with Crippen molar-refractivity contribution in [2.75, 3.05) is 51.4 Å². The molecular formula is C21H31N5O4. The first kappa shape index (κ1) is 20.9. The van der Waals surface area contributed by atoms with E-state index < -0.39 is 6.04 Å². The number of fused-ring (bicyclic) bond motifs is 3. The van der Waals surface area contributed by atoms with E-state index in [9.17, 15) is 9.59 Å². The van der Waals surface area contributed by atoms with Crippen LogP contribution in [0.25, 0.3) is 0 Å². The summed E-state index contributed by atoms with van der Waals surface area (Å²) in [6.45, 7) is 7.37. The second-order valence-corrected chi connectivity index (χ2v) is 7.72. The van der Waals surface area contributed by atoms with Crippen molar-refractivity contribution in [1.29, 1.82) is 0 Å². The number of urea groups is 1. The molecule has 3 unspecified atom stereocenters. The van der Waals surface area contributed by atoms with Crippen LogP contribution in [0.2, 0.25) is 0 Å². The number of imide groups is 1. The SMILES string of the molecule is CCOCCN1C(=O)C2C(NC3N(c4ccc(OCC)cc4)CCCN23)N(C)C1=O. The fourth-order valence-corrected chi connectivity index (χ4v) is 4.59. The second-order valence-electron chi connectivity index (χ2n) is 7.72. The van der Waals surface area contributed by atoms with Gasteiger partial charge in [-0.15, -0.1) is 0 Å². The third-order valence-corrected chi connectivity index (χ3v) is 6.01. The Morgan fingerprint density at radius 2 is 1.87 bits per heavy atom. The molecule has 9 heteroatoms. The molecule has 3 atom stereocenters. The summed E-state index contributed by atoms with van der Waals surface area (Å²) in [6.07, 6.45) is 0.456. The molecule has 3 saturated heterocycles. The summed E-state index contributed by atoms with van der Waals surface area (Å²) in [4.78, 5) is 33.5. The number of rotatable bonds is 7. The van der Waals surface area contributed by atoms with Gasteiger partial charge in [-0.05, 0) is 44.5 Å². The maximum atomic E-state index is 13.3. The minimum atomic E-state index is -0.398. The van der Waals surface area contributed by atoms with Crippen molar-refractivity contribution in [2.24, 2.45) is 0 Å². The number of amides is 3. The van der Waals surface area contributed by atoms with Gasteiger partial charge in [0.15, 0.2) is 0 Å². The highest BCUT2D eigenvalue weighted by Crippen LogP contribution is 2.33. The van der Waals surface area contributed by atoms with Crippen molar-refractivity contribution in [3.8, 4) is 5.75 Å². The van der Waals surface area contributed by atoms with Crippen molar-refractivity contribution in [1.82, 2.24) is 20.0 Å². The van der Waals surface area contributed by atoms with Gasteiger partial charge in [-0.2, -0.15) is 0 Å². The highest BCUT2D eigenvalue weighted by atomic mass is 16.5. The smallest absolute Gasteiger partial charge is 0.327 e. The molecule has 3 amide bonds. The van der Waals surface area contributed by atoms with Crippen molar-refractivity contribution in [2.45, 2.75) is 38.8 Å². The van der Waals surface area contributed by atoms with Gasteiger partial charge in [-0.25, -0.2) is 4.79 Å². The first-order valence-corrected chi connectivity index (χ1v) is 10.7. The van der Waals surface area contributed by atoms with Gasteiger partial charge in [-0.3, -0.25) is 19.9 Å². The number of nitrogens with zero attached hydrogens (tertiary/aromatic N) is 4. The highest BCUT2D eigenvalue weighted by Gasteiger charge is 2.55. The fourth-order valence-electron chi connectivity index (χ4n) is 4.59. The number of anilines is 1. The summed E-state index contributed by atoms with van der Waals surface area (Å²) in [7, 11) is 1.76. The van der Waals surface area contributed by atoms with Crippen LogP contribution in [0.5, 0.6) is 5.75 Å². The number of carbonyl (C=O) groups excluding carboxylic acids is 2. The zero-order chi connectivity index (χ0) is 21.3. The van der Waals surface area contributed by atoms with E-state index in [4.69, 9.17) is 9.47 Å². The molecule has 1 aromatic carbocycles. The Balaban J connectivity index is 1.55. The minimum absolute atomic E-state index is 0.141. The maximum absolute atomic E-state index is 13.3. The van der Waals surface area contributed by atoms with Crippen LogP contribution in [0.1, 0.15) is 20.3 Å². The molecule has 3 fully saturated rings. The predicted molar refractivity (Wildman–Crippen MR) is 112 cm³/mol. The Kier molecular flexibility index (Phi) is 6.12. The third-order valence-electron chi connectivity index (χ3n) is 6.01. The van der Waals surface area contributed by atoms with Gasteiger partial charge in [0.25, 0.3) is 5.91 Å². The lowest BCUT2D eigenvalue weighted by atomic mass is 10.1. The maximum Gasteiger partial charge on any atom is 0.327 e. The molecule has 1 N–H and O–H groups in total. The number of hydrogen-bond acceptors (Lipinski definition) is 7. The first-order valence-electron chi connectivity index (χ1n) is 10.7. The molecule has 4 rings (SSSR count). The van der Waals surface area contributed by atoms with Gasteiger partial charge in [-0.1, -0.05) is 0 Å². The van der Waals surface area contributed by atoms with E-state index in [0.717, 1.165) is 30.9 Å². The van der Waals surface area contributed by atoms with Gasteiger partial charge < -0.3 is 19.3 Å². The van der Waals surface area contributed by atoms with Crippen LogP contribution < -0.4 is 15.0 Å². The van der Waals surface area contributed by atoms with Crippen LogP contribution in [-0.2, 0) is 9.53 Å². The fraction of sp³-hybridized carbons (Fsp3) is 0.619. The van der Waals surface area contributed by atoms with E-state index in [1.807, 2.05) is 38.1 Å². The molecule has 0 aromatic heterocycles. The van der Waals surface area contributed by atoms with E-state index in [2.05, 4.69) is 15.1 Å². The van der Waals surface area contributed by atoms with Gasteiger partial charge in [0.1, 0.15) is 24.2 Å². The number of hydrogen-bond donors (Lipinski definition) is 1. The second kappa shape index (κ2) is 8.79. The first-order chi connectivity index (χ1) is 14.6. The number of likely N-dealkylation sites (N-methyl/N-ethyl adjacent to an activating group) is 1. The van der Waals surface area contributed by atoms with Crippen LogP contribution in [0.15, 0.2) is 24.3 Å². The molecule has 3 aliphatic rings. The number of nitrogens with one attached hydrogen (secondary N) is 1. The molecule has 0 bridgehead atoms. The monoisotopic (exact) mass is 417 g/mol. The summed E-state index contributed by atoms with van der Waals surface area (Å²) in [5.74, 6) is 0.694. The lowest BCUT2D eigenvalue weighted by Gasteiger charge is -2.43. The minimum Gasteiger partial charge on any atom is -0.494 e. The summed E-state index contributed by atoms with van der Waals surface area (Å²) in [5, 5.41) is 3.53. The predicted octanol–water partition coefficient (Wildman–Crippen LogP) is 1.11. The van der Waals surface area contributed by atoms with Crippen LogP contribution in [0.4, 0.5) is 10.5 Å². The van der Waals surface area contributed by atoms with Crippen LogP contribution in [0.3, 0.4) is 0 Å². The van der Waals surface area contributed by atoms with E-state index in [1.54, 1.807) is 11.9 Å². The van der Waals surface area contributed by atoms with Crippen molar-refractivity contribution in [3.05, 3.63) is 24.3 Å². The molecule has 0 saturated carbocycles. The largest absolute Gasteiger partial charge is 0.494 e. The Bertz CT molecular complexity index is 773. The molecule has 1 aromatic rings. The molecular weight excluding hydrogens is 386 g/mol. The normalized spacial score (nSPS) is 26.8.